The number of allylic oxidation sites excluding steroid dienone is 1. The highest BCUT2D eigenvalue weighted by atomic mass is 35.5. The van der Waals surface area contributed by atoms with Gasteiger partial charge in [0.05, 0.1) is 7.11 Å². The van der Waals surface area contributed by atoms with Gasteiger partial charge in [-0.25, -0.2) is 0 Å². The van der Waals surface area contributed by atoms with E-state index in [9.17, 15) is 0 Å². The second-order valence-electron chi connectivity index (χ2n) is 2.41. The molecule has 0 bridgehead atoms. The maximum atomic E-state index is 5.99. The lowest BCUT2D eigenvalue weighted by Gasteiger charge is -2.27. The Morgan fingerprint density at radius 1 is 1.50 bits per heavy atom. The summed E-state index contributed by atoms with van der Waals surface area (Å²) in [6.07, 6.45) is 5.11. The normalized spacial score (nSPS) is 34.7. The van der Waals surface area contributed by atoms with Gasteiger partial charge >= 0.3 is 0 Å². The van der Waals surface area contributed by atoms with E-state index in [1.54, 1.807) is 25.3 Å². The Bertz CT molecular complexity index is 225. The third kappa shape index (κ3) is 1.76. The highest BCUT2D eigenvalue weighted by Crippen LogP contribution is 2.32. The molecule has 0 saturated carbocycles. The largest absolute Gasteiger partial charge is 0.497 e. The SMILES string of the molecule is COC1=CC(Cl)C(Cl)(OC)C=C1. The van der Waals surface area contributed by atoms with E-state index < -0.39 is 10.4 Å². The first-order chi connectivity index (χ1) is 5.62. The van der Waals surface area contributed by atoms with Crippen LogP contribution in [0, 0.1) is 0 Å². The monoisotopic (exact) mass is 208 g/mol. The van der Waals surface area contributed by atoms with Gasteiger partial charge in [0, 0.05) is 7.11 Å². The van der Waals surface area contributed by atoms with Crippen molar-refractivity contribution < 1.29 is 9.47 Å². The molecule has 0 heterocycles. The van der Waals surface area contributed by atoms with Crippen molar-refractivity contribution in [2.75, 3.05) is 14.2 Å². The van der Waals surface area contributed by atoms with E-state index in [2.05, 4.69) is 0 Å². The molecule has 2 atom stereocenters. The summed E-state index contributed by atoms with van der Waals surface area (Å²) < 4.78 is 10.0. The molecule has 4 heteroatoms. The first-order valence-electron chi connectivity index (χ1n) is 3.45. The van der Waals surface area contributed by atoms with Gasteiger partial charge in [0.25, 0.3) is 0 Å². The smallest absolute Gasteiger partial charge is 0.180 e. The Hall–Kier alpha value is -0.180. The van der Waals surface area contributed by atoms with Crippen LogP contribution >= 0.6 is 23.2 Å². The lowest BCUT2D eigenvalue weighted by Crippen LogP contribution is -2.33. The third-order valence-corrected chi connectivity index (χ3v) is 2.79. The molecule has 12 heavy (non-hydrogen) atoms. The van der Waals surface area contributed by atoms with Crippen LogP contribution in [0.25, 0.3) is 0 Å². The van der Waals surface area contributed by atoms with Crippen molar-refractivity contribution in [3.05, 3.63) is 24.0 Å². The van der Waals surface area contributed by atoms with Gasteiger partial charge < -0.3 is 9.47 Å². The van der Waals surface area contributed by atoms with Crippen molar-refractivity contribution >= 4 is 23.2 Å². The molecule has 1 rings (SSSR count). The Morgan fingerprint density at radius 2 is 2.17 bits per heavy atom. The fraction of sp³-hybridized carbons (Fsp3) is 0.500. The van der Waals surface area contributed by atoms with Gasteiger partial charge in [-0.05, 0) is 18.2 Å². The number of alkyl halides is 2. The van der Waals surface area contributed by atoms with Crippen LogP contribution in [-0.4, -0.2) is 24.7 Å². The zero-order valence-corrected chi connectivity index (χ0v) is 8.39. The number of halogens is 2. The zero-order valence-electron chi connectivity index (χ0n) is 6.88. The van der Waals surface area contributed by atoms with E-state index in [4.69, 9.17) is 32.7 Å². The van der Waals surface area contributed by atoms with E-state index in [-0.39, 0.29) is 0 Å². The average Bonchev–Trinajstić information content (AvgIpc) is 2.10. The van der Waals surface area contributed by atoms with E-state index in [1.807, 2.05) is 0 Å². The second-order valence-corrected chi connectivity index (χ2v) is 3.47. The minimum absolute atomic E-state index is 0.413. The van der Waals surface area contributed by atoms with Crippen LogP contribution < -0.4 is 0 Å². The second kappa shape index (κ2) is 3.69. The van der Waals surface area contributed by atoms with Gasteiger partial charge in [-0.15, -0.1) is 11.6 Å². The maximum Gasteiger partial charge on any atom is 0.180 e. The quantitative estimate of drug-likeness (QED) is 0.649. The lowest BCUT2D eigenvalue weighted by molar-refractivity contribution is 0.106. The van der Waals surface area contributed by atoms with E-state index >= 15 is 0 Å². The summed E-state index contributed by atoms with van der Waals surface area (Å²) in [6.45, 7) is 0. The highest BCUT2D eigenvalue weighted by molar-refractivity contribution is 6.33. The van der Waals surface area contributed by atoms with E-state index in [0.717, 1.165) is 0 Å². The number of ether oxygens (including phenoxy) is 2. The summed E-state index contributed by atoms with van der Waals surface area (Å²) in [5.74, 6) is 0.698. The standard InChI is InChI=1S/C8H10Cl2O2/c1-11-6-3-4-8(10,12-2)7(9)5-6/h3-5,7H,1-2H3. The molecule has 0 aliphatic heterocycles. The number of hydrogen-bond acceptors (Lipinski definition) is 2. The summed E-state index contributed by atoms with van der Waals surface area (Å²) in [7, 11) is 3.09. The van der Waals surface area contributed by atoms with Crippen molar-refractivity contribution in [1.82, 2.24) is 0 Å². The van der Waals surface area contributed by atoms with Crippen LogP contribution in [0.15, 0.2) is 24.0 Å². The van der Waals surface area contributed by atoms with Gasteiger partial charge in [0.2, 0.25) is 0 Å². The molecule has 0 fully saturated rings. The van der Waals surface area contributed by atoms with Gasteiger partial charge in [-0.2, -0.15) is 0 Å². The fourth-order valence-electron chi connectivity index (χ4n) is 0.918. The predicted octanol–water partition coefficient (Wildman–Crippen LogP) is 2.28. The van der Waals surface area contributed by atoms with Crippen molar-refractivity contribution in [1.29, 1.82) is 0 Å². The summed E-state index contributed by atoms with van der Waals surface area (Å²) >= 11 is 11.9. The van der Waals surface area contributed by atoms with Gasteiger partial charge in [0.15, 0.2) is 5.06 Å². The summed E-state index contributed by atoms with van der Waals surface area (Å²) in [4.78, 5) is 0. The van der Waals surface area contributed by atoms with Crippen molar-refractivity contribution in [3.8, 4) is 0 Å². The molecular formula is C8H10Cl2O2. The Labute approximate surface area is 81.7 Å². The van der Waals surface area contributed by atoms with Crippen LogP contribution in [0.1, 0.15) is 0 Å². The minimum Gasteiger partial charge on any atom is -0.497 e. The Balaban J connectivity index is 2.81. The molecule has 0 saturated heterocycles. The van der Waals surface area contributed by atoms with Crippen LogP contribution in [0.4, 0.5) is 0 Å². The molecule has 0 aromatic carbocycles. The van der Waals surface area contributed by atoms with Crippen LogP contribution in [0.2, 0.25) is 0 Å². The van der Waals surface area contributed by atoms with Crippen molar-refractivity contribution in [2.45, 2.75) is 10.4 Å². The molecule has 1 aliphatic carbocycles. The molecule has 0 spiro atoms. The minimum atomic E-state index is -0.941. The molecule has 0 aromatic heterocycles. The van der Waals surface area contributed by atoms with Crippen LogP contribution in [-0.2, 0) is 9.47 Å². The van der Waals surface area contributed by atoms with Crippen molar-refractivity contribution in [3.63, 3.8) is 0 Å². The first-order valence-corrected chi connectivity index (χ1v) is 4.27. The topological polar surface area (TPSA) is 18.5 Å². The fourth-order valence-corrected chi connectivity index (χ4v) is 1.33. The Morgan fingerprint density at radius 3 is 2.58 bits per heavy atom. The number of rotatable bonds is 2. The predicted molar refractivity (Wildman–Crippen MR) is 49.5 cm³/mol. The van der Waals surface area contributed by atoms with Crippen LogP contribution in [0.3, 0.4) is 0 Å². The molecule has 0 amide bonds. The van der Waals surface area contributed by atoms with Gasteiger partial charge in [-0.3, -0.25) is 0 Å². The van der Waals surface area contributed by atoms with E-state index in [1.165, 1.54) is 7.11 Å². The molecule has 0 aromatic rings. The van der Waals surface area contributed by atoms with Gasteiger partial charge in [0.1, 0.15) is 11.1 Å². The van der Waals surface area contributed by atoms with Crippen LogP contribution in [0.5, 0.6) is 0 Å². The molecule has 1 aliphatic rings. The average molecular weight is 209 g/mol. The summed E-state index contributed by atoms with van der Waals surface area (Å²) in [5, 5.41) is -1.35. The van der Waals surface area contributed by atoms with E-state index in [0.29, 0.717) is 5.76 Å². The molecule has 2 unspecified atom stereocenters. The number of methoxy groups -OCH3 is 2. The Kier molecular flexibility index (Phi) is 3.04. The lowest BCUT2D eigenvalue weighted by atomic mass is 10.1. The molecule has 0 radical (unpaired) electrons. The number of hydrogen-bond donors (Lipinski definition) is 0. The summed E-state index contributed by atoms with van der Waals surface area (Å²) in [5.41, 5.74) is 0. The zero-order chi connectivity index (χ0) is 9.19. The molecule has 2 nitrogen and oxygen atoms in total. The van der Waals surface area contributed by atoms with Crippen molar-refractivity contribution in [2.24, 2.45) is 0 Å². The maximum absolute atomic E-state index is 5.99. The third-order valence-electron chi connectivity index (χ3n) is 1.71. The molecule has 68 valence electrons. The summed E-state index contributed by atoms with van der Waals surface area (Å²) in [6, 6.07) is 0. The highest BCUT2D eigenvalue weighted by Gasteiger charge is 2.34. The first kappa shape index (κ1) is 9.90. The molecule has 0 N–H and O–H groups in total. The molecular weight excluding hydrogens is 199 g/mol. The van der Waals surface area contributed by atoms with Gasteiger partial charge in [-0.1, -0.05) is 11.6 Å².